The van der Waals surface area contributed by atoms with Crippen molar-refractivity contribution in [1.82, 2.24) is 34.6 Å². The standard InChI is InChI=1S/C19H25N7O2/c1-13-6-14(2)26-19(22-13)15(8-21-26)10-24-4-5-25-17(11-24)7-16(23-25)9-20-18(27)12-28-3/h6-8H,4-5,9-12H2,1-3H3,(H,20,27). The third kappa shape index (κ3) is 3.76. The predicted octanol–water partition coefficient (Wildman–Crippen LogP) is 0.821. The largest absolute Gasteiger partial charge is 0.375 e. The van der Waals surface area contributed by atoms with Gasteiger partial charge in [-0.3, -0.25) is 14.4 Å². The van der Waals surface area contributed by atoms with Crippen molar-refractivity contribution in [3.8, 4) is 0 Å². The first-order valence-electron chi connectivity index (χ1n) is 9.38. The van der Waals surface area contributed by atoms with Crippen molar-refractivity contribution in [2.45, 2.75) is 40.0 Å². The third-order valence-electron chi connectivity index (χ3n) is 4.91. The summed E-state index contributed by atoms with van der Waals surface area (Å²) in [5.74, 6) is -0.138. The van der Waals surface area contributed by atoms with Crippen molar-refractivity contribution in [1.29, 1.82) is 0 Å². The van der Waals surface area contributed by atoms with Gasteiger partial charge in [0.05, 0.1) is 30.7 Å². The summed E-state index contributed by atoms with van der Waals surface area (Å²) in [6.45, 7) is 7.87. The molecule has 0 fully saturated rings. The molecule has 0 aliphatic carbocycles. The monoisotopic (exact) mass is 383 g/mol. The maximum absolute atomic E-state index is 11.6. The van der Waals surface area contributed by atoms with E-state index in [1.54, 1.807) is 0 Å². The molecule has 1 aliphatic heterocycles. The van der Waals surface area contributed by atoms with Crippen LogP contribution in [0.1, 0.15) is 28.3 Å². The maximum Gasteiger partial charge on any atom is 0.246 e. The number of ether oxygens (including phenoxy) is 1. The van der Waals surface area contributed by atoms with Crippen LogP contribution in [0.25, 0.3) is 5.65 Å². The van der Waals surface area contributed by atoms with Crippen LogP contribution in [0.15, 0.2) is 18.3 Å². The Kier molecular flexibility index (Phi) is 5.10. The van der Waals surface area contributed by atoms with Gasteiger partial charge in [0, 0.05) is 43.7 Å². The molecule has 0 radical (unpaired) electrons. The predicted molar refractivity (Wildman–Crippen MR) is 103 cm³/mol. The van der Waals surface area contributed by atoms with Crippen molar-refractivity contribution >= 4 is 11.6 Å². The molecule has 0 atom stereocenters. The normalized spacial score (nSPS) is 14.4. The van der Waals surface area contributed by atoms with Gasteiger partial charge >= 0.3 is 0 Å². The number of nitrogens with zero attached hydrogens (tertiary/aromatic N) is 6. The Hall–Kier alpha value is -2.78. The van der Waals surface area contributed by atoms with Crippen LogP contribution in [0.4, 0.5) is 0 Å². The van der Waals surface area contributed by atoms with Crippen LogP contribution < -0.4 is 5.32 Å². The molecule has 4 heterocycles. The van der Waals surface area contributed by atoms with Gasteiger partial charge in [0.2, 0.25) is 5.91 Å². The van der Waals surface area contributed by atoms with Crippen LogP contribution in [0, 0.1) is 13.8 Å². The fraction of sp³-hybridized carbons (Fsp3) is 0.474. The van der Waals surface area contributed by atoms with Gasteiger partial charge in [0.1, 0.15) is 6.61 Å². The Balaban J connectivity index is 1.44. The minimum absolute atomic E-state index is 0.0635. The van der Waals surface area contributed by atoms with Crippen LogP contribution >= 0.6 is 0 Å². The van der Waals surface area contributed by atoms with Crippen LogP contribution in [-0.4, -0.2) is 55.4 Å². The first-order chi connectivity index (χ1) is 13.5. The molecule has 1 aliphatic rings. The zero-order valence-corrected chi connectivity index (χ0v) is 16.5. The van der Waals surface area contributed by atoms with Crippen molar-refractivity contribution in [3.05, 3.63) is 46.7 Å². The van der Waals surface area contributed by atoms with Crippen molar-refractivity contribution in [2.24, 2.45) is 0 Å². The fourth-order valence-electron chi connectivity index (χ4n) is 3.64. The summed E-state index contributed by atoms with van der Waals surface area (Å²) in [6, 6.07) is 4.10. The minimum atomic E-state index is -0.138. The molecule has 28 heavy (non-hydrogen) atoms. The number of methoxy groups -OCH3 is 1. The highest BCUT2D eigenvalue weighted by atomic mass is 16.5. The van der Waals surface area contributed by atoms with E-state index in [1.165, 1.54) is 7.11 Å². The zero-order valence-electron chi connectivity index (χ0n) is 16.5. The molecule has 0 bridgehead atoms. The van der Waals surface area contributed by atoms with Gasteiger partial charge < -0.3 is 10.1 Å². The smallest absolute Gasteiger partial charge is 0.246 e. The van der Waals surface area contributed by atoms with Gasteiger partial charge in [0.15, 0.2) is 5.65 Å². The summed E-state index contributed by atoms with van der Waals surface area (Å²) < 4.78 is 8.75. The van der Waals surface area contributed by atoms with Gasteiger partial charge in [-0.2, -0.15) is 10.2 Å². The van der Waals surface area contributed by atoms with Gasteiger partial charge in [-0.25, -0.2) is 9.50 Å². The number of carbonyl (C=O) groups is 1. The molecular weight excluding hydrogens is 358 g/mol. The van der Waals surface area contributed by atoms with Gasteiger partial charge in [-0.15, -0.1) is 0 Å². The number of amides is 1. The Labute approximate surface area is 163 Å². The minimum Gasteiger partial charge on any atom is -0.375 e. The number of hydrogen-bond acceptors (Lipinski definition) is 6. The maximum atomic E-state index is 11.6. The number of rotatable bonds is 6. The van der Waals surface area contributed by atoms with E-state index >= 15 is 0 Å². The van der Waals surface area contributed by atoms with Gasteiger partial charge in [-0.05, 0) is 26.0 Å². The number of hydrogen-bond donors (Lipinski definition) is 1. The second kappa shape index (κ2) is 7.69. The Morgan fingerprint density at radius 2 is 2.14 bits per heavy atom. The van der Waals surface area contributed by atoms with Crippen molar-refractivity contribution < 1.29 is 9.53 Å². The lowest BCUT2D eigenvalue weighted by Gasteiger charge is -2.27. The number of nitrogens with one attached hydrogen (secondary N) is 1. The summed E-state index contributed by atoms with van der Waals surface area (Å²) in [4.78, 5) is 18.6. The van der Waals surface area contributed by atoms with E-state index < -0.39 is 0 Å². The summed E-state index contributed by atoms with van der Waals surface area (Å²) in [5, 5.41) is 11.9. The molecule has 0 aromatic carbocycles. The van der Waals surface area contributed by atoms with E-state index in [0.717, 1.165) is 60.2 Å². The zero-order chi connectivity index (χ0) is 19.7. The number of fused-ring (bicyclic) bond motifs is 2. The van der Waals surface area contributed by atoms with E-state index in [4.69, 9.17) is 4.74 Å². The lowest BCUT2D eigenvalue weighted by molar-refractivity contribution is -0.124. The molecular formula is C19H25N7O2. The average molecular weight is 383 g/mol. The molecule has 9 nitrogen and oxygen atoms in total. The third-order valence-corrected chi connectivity index (χ3v) is 4.91. The van der Waals surface area contributed by atoms with E-state index in [2.05, 4.69) is 31.5 Å². The first-order valence-corrected chi connectivity index (χ1v) is 9.38. The van der Waals surface area contributed by atoms with Gasteiger partial charge in [-0.1, -0.05) is 0 Å². The summed E-state index contributed by atoms with van der Waals surface area (Å²) in [6.07, 6.45) is 1.91. The highest BCUT2D eigenvalue weighted by Crippen LogP contribution is 2.19. The van der Waals surface area contributed by atoms with Crippen LogP contribution in [-0.2, 0) is 35.7 Å². The first kappa shape index (κ1) is 18.6. The summed E-state index contributed by atoms with van der Waals surface area (Å²) >= 11 is 0. The summed E-state index contributed by atoms with van der Waals surface area (Å²) in [5.41, 5.74) is 6.17. The van der Waals surface area contributed by atoms with E-state index in [1.807, 2.05) is 35.3 Å². The highest BCUT2D eigenvalue weighted by molar-refractivity contribution is 5.77. The topological polar surface area (TPSA) is 89.6 Å². The Morgan fingerprint density at radius 1 is 1.29 bits per heavy atom. The van der Waals surface area contributed by atoms with Gasteiger partial charge in [0.25, 0.3) is 0 Å². The molecule has 1 amide bonds. The van der Waals surface area contributed by atoms with E-state index in [0.29, 0.717) is 6.54 Å². The van der Waals surface area contributed by atoms with Crippen LogP contribution in [0.5, 0.6) is 0 Å². The number of aromatic nitrogens is 5. The lowest BCUT2D eigenvalue weighted by atomic mass is 10.2. The lowest BCUT2D eigenvalue weighted by Crippen LogP contribution is -2.33. The van der Waals surface area contributed by atoms with Crippen LogP contribution in [0.3, 0.4) is 0 Å². The second-order valence-corrected chi connectivity index (χ2v) is 7.21. The van der Waals surface area contributed by atoms with E-state index in [-0.39, 0.29) is 12.5 Å². The molecule has 9 heteroatoms. The van der Waals surface area contributed by atoms with Crippen LogP contribution in [0.2, 0.25) is 0 Å². The molecule has 0 unspecified atom stereocenters. The average Bonchev–Trinajstić information content (AvgIpc) is 3.24. The second-order valence-electron chi connectivity index (χ2n) is 7.21. The molecule has 0 saturated heterocycles. The SMILES string of the molecule is COCC(=O)NCc1cc2n(n1)CCN(Cc1cnn3c(C)cc(C)nc13)C2. The summed E-state index contributed by atoms with van der Waals surface area (Å²) in [7, 11) is 1.51. The molecule has 0 spiro atoms. The molecule has 3 aromatic heterocycles. The molecule has 3 aromatic rings. The molecule has 148 valence electrons. The fourth-order valence-corrected chi connectivity index (χ4v) is 3.64. The highest BCUT2D eigenvalue weighted by Gasteiger charge is 2.20. The quantitative estimate of drug-likeness (QED) is 0.678. The number of carbonyl (C=O) groups excluding carboxylic acids is 1. The Bertz CT molecular complexity index is 1010. The molecule has 4 rings (SSSR count). The number of aryl methyl sites for hydroxylation is 2. The molecule has 0 saturated carbocycles. The van der Waals surface area contributed by atoms with E-state index in [9.17, 15) is 4.79 Å². The Morgan fingerprint density at radius 3 is 2.96 bits per heavy atom. The molecule has 1 N–H and O–H groups in total. The van der Waals surface area contributed by atoms with Crippen molar-refractivity contribution in [3.63, 3.8) is 0 Å². The van der Waals surface area contributed by atoms with Crippen molar-refractivity contribution in [2.75, 3.05) is 20.3 Å².